The lowest BCUT2D eigenvalue weighted by Gasteiger charge is -2.25. The molecule has 4 aromatic carbocycles. The molecule has 0 saturated carbocycles. The van der Waals surface area contributed by atoms with Gasteiger partial charge in [-0.05, 0) is 34.4 Å². The average Bonchev–Trinajstić information content (AvgIpc) is 2.84. The summed E-state index contributed by atoms with van der Waals surface area (Å²) in [6.45, 7) is 0. The van der Waals surface area contributed by atoms with Crippen molar-refractivity contribution in [1.29, 1.82) is 0 Å². The van der Waals surface area contributed by atoms with Gasteiger partial charge in [0.2, 0.25) is 0 Å². The molecule has 0 spiro atoms. The summed E-state index contributed by atoms with van der Waals surface area (Å²) in [6, 6.07) is 32.9. The van der Waals surface area contributed by atoms with Crippen LogP contribution in [-0.4, -0.2) is 15.5 Å². The van der Waals surface area contributed by atoms with Gasteiger partial charge in [0.15, 0.2) is 0 Å². The highest BCUT2D eigenvalue weighted by Gasteiger charge is 2.33. The molecule has 4 rings (SSSR count). The Bertz CT molecular complexity index is 1110. The highest BCUT2D eigenvalue weighted by atomic mass is 17.1. The summed E-state index contributed by atoms with van der Waals surface area (Å²) < 4.78 is 0. The molecule has 4 heteroatoms. The molecule has 0 aliphatic rings. The fourth-order valence-corrected chi connectivity index (χ4v) is 3.56. The monoisotopic (exact) mass is 398 g/mol. The van der Waals surface area contributed by atoms with E-state index in [4.69, 9.17) is 0 Å². The van der Waals surface area contributed by atoms with E-state index in [0.29, 0.717) is 11.1 Å². The molecule has 0 heterocycles. The van der Waals surface area contributed by atoms with Crippen LogP contribution < -0.4 is 0 Å². The van der Waals surface area contributed by atoms with E-state index in [-0.39, 0.29) is 0 Å². The normalized spacial score (nSPS) is 14.1. The van der Waals surface area contributed by atoms with E-state index in [0.717, 1.165) is 22.3 Å². The topological polar surface area (TPSA) is 69.9 Å². The molecule has 0 amide bonds. The van der Waals surface area contributed by atoms with Gasteiger partial charge in [-0.2, -0.15) is 4.89 Å². The molecule has 30 heavy (non-hydrogen) atoms. The van der Waals surface area contributed by atoms with Gasteiger partial charge in [-0.1, -0.05) is 97.1 Å². The van der Waals surface area contributed by atoms with Gasteiger partial charge in [0.05, 0.1) is 0 Å². The van der Waals surface area contributed by atoms with Crippen molar-refractivity contribution in [3.63, 3.8) is 0 Å². The number of aliphatic hydroxyl groups is 2. The zero-order valence-corrected chi connectivity index (χ0v) is 16.2. The molecule has 2 unspecified atom stereocenters. The van der Waals surface area contributed by atoms with E-state index in [9.17, 15) is 15.5 Å². The van der Waals surface area contributed by atoms with Crippen molar-refractivity contribution in [2.45, 2.75) is 11.9 Å². The largest absolute Gasteiger partial charge is 0.384 e. The third-order valence-corrected chi connectivity index (χ3v) is 5.20. The SMILES string of the molecule is OOC(O)(c1ccccc1)c1cccc(-c2cccc(C(O)c3ccccc3)c2)c1. The van der Waals surface area contributed by atoms with Crippen molar-refractivity contribution < 1.29 is 20.4 Å². The van der Waals surface area contributed by atoms with Gasteiger partial charge in [-0.15, -0.1) is 0 Å². The Morgan fingerprint density at radius 1 is 0.600 bits per heavy atom. The molecule has 0 aliphatic heterocycles. The van der Waals surface area contributed by atoms with E-state index >= 15 is 0 Å². The van der Waals surface area contributed by atoms with Gasteiger partial charge in [0.1, 0.15) is 6.10 Å². The van der Waals surface area contributed by atoms with Crippen molar-refractivity contribution in [2.75, 3.05) is 0 Å². The first-order chi connectivity index (χ1) is 14.6. The molecule has 0 bridgehead atoms. The maximum atomic E-state index is 11.0. The molecule has 0 saturated heterocycles. The first kappa shape index (κ1) is 20.0. The van der Waals surface area contributed by atoms with Crippen LogP contribution in [0.1, 0.15) is 28.4 Å². The average molecular weight is 398 g/mol. The highest BCUT2D eigenvalue weighted by Crippen LogP contribution is 2.33. The van der Waals surface area contributed by atoms with Gasteiger partial charge in [0, 0.05) is 11.1 Å². The third kappa shape index (κ3) is 3.90. The Hall–Kier alpha value is -3.28. The molecule has 0 aliphatic carbocycles. The minimum Gasteiger partial charge on any atom is -0.384 e. The highest BCUT2D eigenvalue weighted by molar-refractivity contribution is 5.66. The Balaban J connectivity index is 1.71. The number of hydrogen-bond donors (Lipinski definition) is 3. The van der Waals surface area contributed by atoms with Crippen LogP contribution in [0.15, 0.2) is 109 Å². The van der Waals surface area contributed by atoms with Crippen LogP contribution in [0.5, 0.6) is 0 Å². The van der Waals surface area contributed by atoms with Crippen LogP contribution in [0.2, 0.25) is 0 Å². The first-order valence-electron chi connectivity index (χ1n) is 9.66. The van der Waals surface area contributed by atoms with Crippen LogP contribution >= 0.6 is 0 Å². The minimum atomic E-state index is -1.99. The van der Waals surface area contributed by atoms with E-state index < -0.39 is 11.9 Å². The lowest BCUT2D eigenvalue weighted by atomic mass is 9.93. The zero-order chi connectivity index (χ0) is 21.0. The summed E-state index contributed by atoms with van der Waals surface area (Å²) in [6.07, 6.45) is -0.739. The summed E-state index contributed by atoms with van der Waals surface area (Å²) in [5.74, 6) is -1.99. The van der Waals surface area contributed by atoms with Crippen LogP contribution in [0.25, 0.3) is 11.1 Å². The van der Waals surface area contributed by atoms with Crippen molar-refractivity contribution >= 4 is 0 Å². The molecule has 0 aromatic heterocycles. The van der Waals surface area contributed by atoms with Crippen LogP contribution in [-0.2, 0) is 10.7 Å². The second-order valence-electron chi connectivity index (χ2n) is 7.12. The maximum Gasteiger partial charge on any atom is 0.251 e. The van der Waals surface area contributed by atoms with Gasteiger partial charge < -0.3 is 10.2 Å². The number of rotatable bonds is 6. The van der Waals surface area contributed by atoms with E-state index in [2.05, 4.69) is 4.89 Å². The van der Waals surface area contributed by atoms with Gasteiger partial charge in [-0.3, -0.25) is 0 Å². The molecule has 4 aromatic rings. The van der Waals surface area contributed by atoms with Crippen LogP contribution in [0.3, 0.4) is 0 Å². The Morgan fingerprint density at radius 2 is 1.13 bits per heavy atom. The molecule has 150 valence electrons. The van der Waals surface area contributed by atoms with Crippen LogP contribution in [0.4, 0.5) is 0 Å². The number of aliphatic hydroxyl groups excluding tert-OH is 1. The van der Waals surface area contributed by atoms with Gasteiger partial charge >= 0.3 is 0 Å². The summed E-state index contributed by atoms with van der Waals surface area (Å²) in [4.78, 5) is 4.54. The summed E-state index contributed by atoms with van der Waals surface area (Å²) in [7, 11) is 0. The van der Waals surface area contributed by atoms with Crippen molar-refractivity contribution in [3.05, 3.63) is 131 Å². The van der Waals surface area contributed by atoms with Crippen molar-refractivity contribution in [3.8, 4) is 11.1 Å². The lowest BCUT2D eigenvalue weighted by Crippen LogP contribution is -2.29. The van der Waals surface area contributed by atoms with E-state index in [1.807, 2.05) is 66.7 Å². The second-order valence-corrected chi connectivity index (χ2v) is 7.12. The van der Waals surface area contributed by atoms with Gasteiger partial charge in [-0.25, -0.2) is 5.26 Å². The molecule has 4 nitrogen and oxygen atoms in total. The Kier molecular flexibility index (Phi) is 5.74. The van der Waals surface area contributed by atoms with Crippen LogP contribution in [0, 0.1) is 0 Å². The first-order valence-corrected chi connectivity index (χ1v) is 9.66. The zero-order valence-electron chi connectivity index (χ0n) is 16.2. The van der Waals surface area contributed by atoms with Crippen molar-refractivity contribution in [1.82, 2.24) is 0 Å². The third-order valence-electron chi connectivity index (χ3n) is 5.20. The fraction of sp³-hybridized carbons (Fsp3) is 0.0769. The summed E-state index contributed by atoms with van der Waals surface area (Å²) in [5, 5.41) is 31.3. The molecule has 2 atom stereocenters. The Labute approximate surface area is 175 Å². The number of benzene rings is 4. The predicted molar refractivity (Wildman–Crippen MR) is 116 cm³/mol. The van der Waals surface area contributed by atoms with E-state index in [1.54, 1.807) is 42.5 Å². The minimum absolute atomic E-state index is 0.391. The molecular formula is C26H22O4. The quantitative estimate of drug-likeness (QED) is 0.240. The smallest absolute Gasteiger partial charge is 0.251 e. The van der Waals surface area contributed by atoms with Gasteiger partial charge in [0.25, 0.3) is 5.79 Å². The molecule has 0 radical (unpaired) electrons. The van der Waals surface area contributed by atoms with Crippen molar-refractivity contribution in [2.24, 2.45) is 0 Å². The molecule has 3 N–H and O–H groups in total. The molecular weight excluding hydrogens is 376 g/mol. The van der Waals surface area contributed by atoms with E-state index in [1.165, 1.54) is 0 Å². The lowest BCUT2D eigenvalue weighted by molar-refractivity contribution is -0.383. The number of hydrogen-bond acceptors (Lipinski definition) is 4. The summed E-state index contributed by atoms with van der Waals surface area (Å²) in [5.41, 5.74) is 4.08. The molecule has 0 fully saturated rings. The predicted octanol–water partition coefficient (Wildman–Crippen LogP) is 5.12. The summed E-state index contributed by atoms with van der Waals surface area (Å²) >= 11 is 0. The fourth-order valence-electron chi connectivity index (χ4n) is 3.56. The second kappa shape index (κ2) is 8.61. The Morgan fingerprint density at radius 3 is 1.80 bits per heavy atom. The standard InChI is InChI=1S/C26H22O4/c27-25(19-9-3-1-4-10-19)22-13-7-11-20(17-22)21-12-8-16-24(18-21)26(28,30-29)23-14-5-2-6-15-23/h1-18,25,27-29H. The maximum absolute atomic E-state index is 11.0.